The lowest BCUT2D eigenvalue weighted by Gasteiger charge is -2.36. The van der Waals surface area contributed by atoms with E-state index in [0.29, 0.717) is 32.1 Å². The highest BCUT2D eigenvalue weighted by Gasteiger charge is 2.53. The van der Waals surface area contributed by atoms with Gasteiger partial charge in [-0.1, -0.05) is 20.8 Å². The maximum absolute atomic E-state index is 12.9. The Morgan fingerprint density at radius 3 is 1.44 bits per heavy atom. The molecule has 0 N–H and O–H groups in total. The molecule has 0 aromatic carbocycles. The first-order chi connectivity index (χ1) is 8.46. The Hall–Kier alpha value is 0.327. The Balaban J connectivity index is 5.31. The lowest BCUT2D eigenvalue weighted by molar-refractivity contribution is 0.0698. The highest BCUT2D eigenvalue weighted by atomic mass is 31.2. The first kappa shape index (κ1) is 18.3. The predicted octanol–water partition coefficient (Wildman–Crippen LogP) is 3.37. The van der Waals surface area contributed by atoms with Crippen LogP contribution in [0.2, 0.25) is 0 Å². The third kappa shape index (κ3) is 4.17. The monoisotopic (exact) mass is 296 g/mol. The van der Waals surface area contributed by atoms with Gasteiger partial charge < -0.3 is 17.8 Å². The summed E-state index contributed by atoms with van der Waals surface area (Å²) in [5.74, 6) is 0. The average Bonchev–Trinajstić information content (AvgIpc) is 2.37. The first-order valence-corrected chi connectivity index (χ1v) is 10.9. The normalized spacial score (nSPS) is 14.8. The molecule has 0 bridgehead atoms. The van der Waals surface area contributed by atoms with Crippen LogP contribution in [-0.4, -0.2) is 46.2 Å². The van der Waals surface area contributed by atoms with E-state index in [1.54, 1.807) is 0 Å². The van der Waals surface area contributed by atoms with Crippen molar-refractivity contribution >= 4 is 15.9 Å². The van der Waals surface area contributed by atoms with E-state index in [2.05, 4.69) is 0 Å². The third-order valence-electron chi connectivity index (χ3n) is 3.32. The summed E-state index contributed by atoms with van der Waals surface area (Å²) in [5.41, 5.74) is 0. The summed E-state index contributed by atoms with van der Waals surface area (Å²) >= 11 is 0. The van der Waals surface area contributed by atoms with Crippen LogP contribution >= 0.6 is 7.14 Å². The van der Waals surface area contributed by atoms with E-state index in [1.165, 1.54) is 0 Å². The van der Waals surface area contributed by atoms with E-state index in [0.717, 1.165) is 0 Å². The molecule has 4 nitrogen and oxygen atoms in total. The maximum atomic E-state index is 12.9. The van der Waals surface area contributed by atoms with Gasteiger partial charge in [0.1, 0.15) is 0 Å². The molecule has 0 fully saturated rings. The average molecular weight is 296 g/mol. The zero-order valence-electron chi connectivity index (χ0n) is 12.7. The van der Waals surface area contributed by atoms with Gasteiger partial charge in [0, 0.05) is 19.8 Å². The van der Waals surface area contributed by atoms with Crippen LogP contribution < -0.4 is 0 Å². The highest BCUT2D eigenvalue weighted by Crippen LogP contribution is 2.53. The Morgan fingerprint density at radius 1 is 0.889 bits per heavy atom. The molecule has 18 heavy (non-hydrogen) atoms. The van der Waals surface area contributed by atoms with Crippen LogP contribution in [0.3, 0.4) is 0 Å². The second kappa shape index (κ2) is 8.49. The summed E-state index contributed by atoms with van der Waals surface area (Å²) in [6, 6.07) is 0. The smallest absolute Gasteiger partial charge is 0.373 e. The summed E-state index contributed by atoms with van der Waals surface area (Å²) in [4.78, 5) is 0. The van der Waals surface area contributed by atoms with E-state index >= 15 is 0 Å². The van der Waals surface area contributed by atoms with Crippen molar-refractivity contribution in [1.29, 1.82) is 0 Å². The summed E-state index contributed by atoms with van der Waals surface area (Å²) in [5, 5.41) is -0.125. The molecule has 0 aromatic rings. The Bertz CT molecular complexity index is 248. The van der Waals surface area contributed by atoms with Crippen molar-refractivity contribution < 1.29 is 17.8 Å². The maximum Gasteiger partial charge on any atom is 0.511 e. The van der Waals surface area contributed by atoms with Gasteiger partial charge >= 0.3 is 8.80 Å². The van der Waals surface area contributed by atoms with Crippen LogP contribution in [0.25, 0.3) is 0 Å². The van der Waals surface area contributed by atoms with Crippen molar-refractivity contribution in [2.45, 2.75) is 46.8 Å². The molecule has 0 aliphatic rings. The predicted molar refractivity (Wildman–Crippen MR) is 78.8 cm³/mol. The zero-order valence-corrected chi connectivity index (χ0v) is 14.6. The van der Waals surface area contributed by atoms with Crippen LogP contribution in [0, 0.1) is 0 Å². The fourth-order valence-electron chi connectivity index (χ4n) is 2.15. The summed E-state index contributed by atoms with van der Waals surface area (Å²) in [6.45, 7) is 13.3. The summed E-state index contributed by atoms with van der Waals surface area (Å²) < 4.78 is 30.4. The molecule has 0 saturated carbocycles. The lowest BCUT2D eigenvalue weighted by Crippen LogP contribution is -2.55. The molecule has 6 heteroatoms. The van der Waals surface area contributed by atoms with E-state index in [4.69, 9.17) is 13.3 Å². The first-order valence-electron chi connectivity index (χ1n) is 6.95. The Kier molecular flexibility index (Phi) is 8.64. The molecule has 0 radical (unpaired) electrons. The van der Waals surface area contributed by atoms with E-state index < -0.39 is 15.9 Å². The summed E-state index contributed by atoms with van der Waals surface area (Å²) in [6.07, 6.45) is 1.35. The second-order valence-electron chi connectivity index (χ2n) is 4.16. The molecule has 0 heterocycles. The van der Waals surface area contributed by atoms with E-state index in [1.807, 2.05) is 41.5 Å². The van der Waals surface area contributed by atoms with Gasteiger partial charge in [-0.3, -0.25) is 0 Å². The largest absolute Gasteiger partial charge is 0.511 e. The minimum atomic E-state index is -2.84. The number of hydrogen-bond donors (Lipinski definition) is 0. The zero-order chi connectivity index (χ0) is 14.2. The molecule has 1 unspecified atom stereocenters. The van der Waals surface area contributed by atoms with Crippen LogP contribution in [0.4, 0.5) is 0 Å². The lowest BCUT2D eigenvalue weighted by atomic mass is 10.9. The number of hydrogen-bond acceptors (Lipinski definition) is 4. The van der Waals surface area contributed by atoms with E-state index in [9.17, 15) is 4.57 Å². The van der Waals surface area contributed by atoms with Gasteiger partial charge in [0.15, 0.2) is 0 Å². The van der Waals surface area contributed by atoms with Gasteiger partial charge in [0.2, 0.25) is 0 Å². The quantitative estimate of drug-likeness (QED) is 0.458. The molecule has 0 amide bonds. The van der Waals surface area contributed by atoms with Crippen LogP contribution in [0.15, 0.2) is 0 Å². The van der Waals surface area contributed by atoms with Crippen molar-refractivity contribution in [3.8, 4) is 0 Å². The minimum absolute atomic E-state index is 0.125. The van der Waals surface area contributed by atoms with Gasteiger partial charge in [0.05, 0.1) is 12.4 Å². The van der Waals surface area contributed by atoms with Crippen molar-refractivity contribution in [1.82, 2.24) is 0 Å². The third-order valence-corrected chi connectivity index (χ3v) is 12.3. The minimum Gasteiger partial charge on any atom is -0.373 e. The molecule has 0 aliphatic carbocycles. The molecule has 0 aliphatic heterocycles. The molecule has 0 saturated heterocycles. The fourth-order valence-corrected chi connectivity index (χ4v) is 9.94. The van der Waals surface area contributed by atoms with Crippen molar-refractivity contribution in [2.75, 3.05) is 32.1 Å². The molecular weight excluding hydrogens is 267 g/mol. The molecule has 0 aromatic heterocycles. The SMILES string of the molecule is CCO[Si](OCC)(OCC)C(C)P(=O)(CC)CC. The van der Waals surface area contributed by atoms with Gasteiger partial charge in [-0.25, -0.2) is 0 Å². The topological polar surface area (TPSA) is 44.8 Å². The van der Waals surface area contributed by atoms with Crippen LogP contribution in [0.5, 0.6) is 0 Å². The number of rotatable bonds is 10. The van der Waals surface area contributed by atoms with Gasteiger partial charge in [-0.05, 0) is 33.1 Å². The Labute approximate surface area is 113 Å². The highest BCUT2D eigenvalue weighted by molar-refractivity contribution is 7.66. The van der Waals surface area contributed by atoms with Gasteiger partial charge in [-0.15, -0.1) is 0 Å². The van der Waals surface area contributed by atoms with Crippen molar-refractivity contribution in [3.63, 3.8) is 0 Å². The molecule has 110 valence electrons. The van der Waals surface area contributed by atoms with Gasteiger partial charge in [-0.2, -0.15) is 0 Å². The fraction of sp³-hybridized carbons (Fsp3) is 1.00. The summed E-state index contributed by atoms with van der Waals surface area (Å²) in [7, 11) is -5.14. The Morgan fingerprint density at radius 2 is 1.22 bits per heavy atom. The standard InChI is InChI=1S/C12H29O4PSi/c1-7-14-18(15-8-2,16-9-3)12(6)17(13,10-4)11-5/h12H,7-11H2,1-6H3. The van der Waals surface area contributed by atoms with Crippen molar-refractivity contribution in [2.24, 2.45) is 0 Å². The van der Waals surface area contributed by atoms with Gasteiger partial charge in [0.25, 0.3) is 0 Å². The molecular formula is C12H29O4PSi. The van der Waals surface area contributed by atoms with Crippen LogP contribution in [-0.2, 0) is 17.8 Å². The molecule has 1 atom stereocenters. The molecule has 0 rings (SSSR count). The second-order valence-corrected chi connectivity index (χ2v) is 11.5. The van der Waals surface area contributed by atoms with E-state index in [-0.39, 0.29) is 5.28 Å². The van der Waals surface area contributed by atoms with Crippen molar-refractivity contribution in [3.05, 3.63) is 0 Å². The van der Waals surface area contributed by atoms with Crippen LogP contribution in [0.1, 0.15) is 41.5 Å². The molecule has 0 spiro atoms.